The van der Waals surface area contributed by atoms with Crippen LogP contribution in [0.3, 0.4) is 0 Å². The van der Waals surface area contributed by atoms with Crippen molar-refractivity contribution in [3.8, 4) is 5.75 Å². The molecule has 0 bridgehead atoms. The molecule has 0 saturated carbocycles. The third kappa shape index (κ3) is 5.72. The van der Waals surface area contributed by atoms with E-state index in [0.717, 1.165) is 37.6 Å². The maximum Gasteiger partial charge on any atom is 0.341 e. The number of benzene rings is 2. The van der Waals surface area contributed by atoms with Crippen LogP contribution < -0.4 is 15.0 Å². The molecule has 2 aromatic carbocycles. The number of amides is 1. The summed E-state index contributed by atoms with van der Waals surface area (Å²) in [7, 11) is 0. The van der Waals surface area contributed by atoms with Gasteiger partial charge >= 0.3 is 5.97 Å². The molecule has 0 radical (unpaired) electrons. The SMILES string of the molecule is O=C(O)COc1ccc(CCNC(=O)c2ccc(N3CCOCC3)cc2)cc1. The number of hydrogen-bond donors (Lipinski definition) is 2. The Morgan fingerprint density at radius 1 is 1.04 bits per heavy atom. The number of carbonyl (C=O) groups excluding carboxylic acids is 1. The molecule has 7 heteroatoms. The van der Waals surface area contributed by atoms with Gasteiger partial charge < -0.3 is 24.8 Å². The molecule has 1 heterocycles. The molecular weight excluding hydrogens is 360 g/mol. The van der Waals surface area contributed by atoms with Crippen molar-refractivity contribution in [1.29, 1.82) is 0 Å². The summed E-state index contributed by atoms with van der Waals surface area (Å²) in [5.41, 5.74) is 2.77. The molecule has 1 aliphatic rings. The van der Waals surface area contributed by atoms with Crippen molar-refractivity contribution in [2.45, 2.75) is 6.42 Å². The lowest BCUT2D eigenvalue weighted by Gasteiger charge is -2.28. The van der Waals surface area contributed by atoms with Gasteiger partial charge in [0.2, 0.25) is 0 Å². The maximum atomic E-state index is 12.3. The minimum atomic E-state index is -1.01. The number of nitrogens with one attached hydrogen (secondary N) is 1. The predicted octanol–water partition coefficient (Wildman–Crippen LogP) is 1.96. The molecule has 0 unspecified atom stereocenters. The first kappa shape index (κ1) is 19.7. The van der Waals surface area contributed by atoms with E-state index in [4.69, 9.17) is 14.6 Å². The topological polar surface area (TPSA) is 88.1 Å². The Hall–Kier alpha value is -3.06. The van der Waals surface area contributed by atoms with Gasteiger partial charge in [0.1, 0.15) is 5.75 Å². The molecular formula is C21H24N2O5. The Morgan fingerprint density at radius 2 is 1.71 bits per heavy atom. The van der Waals surface area contributed by atoms with E-state index in [9.17, 15) is 9.59 Å². The number of nitrogens with zero attached hydrogens (tertiary/aromatic N) is 1. The summed E-state index contributed by atoms with van der Waals surface area (Å²) < 4.78 is 10.5. The summed E-state index contributed by atoms with van der Waals surface area (Å²) in [6.07, 6.45) is 0.677. The highest BCUT2D eigenvalue weighted by Gasteiger charge is 2.12. The van der Waals surface area contributed by atoms with E-state index < -0.39 is 5.97 Å². The molecule has 1 aliphatic heterocycles. The lowest BCUT2D eigenvalue weighted by atomic mass is 10.1. The normalized spacial score (nSPS) is 13.8. The second-order valence-corrected chi connectivity index (χ2v) is 6.48. The standard InChI is InChI=1S/C21H24N2O5/c24-20(25)15-28-19-7-1-16(2-8-19)9-10-22-21(26)17-3-5-18(6-4-17)23-11-13-27-14-12-23/h1-8H,9-15H2,(H,22,26)(H,24,25). The van der Waals surface area contributed by atoms with E-state index in [0.29, 0.717) is 24.3 Å². The van der Waals surface area contributed by atoms with Crippen LogP contribution >= 0.6 is 0 Å². The van der Waals surface area contributed by atoms with Gasteiger partial charge in [0.05, 0.1) is 13.2 Å². The summed E-state index contributed by atoms with van der Waals surface area (Å²) in [6, 6.07) is 14.8. The van der Waals surface area contributed by atoms with Crippen LogP contribution in [-0.2, 0) is 16.0 Å². The van der Waals surface area contributed by atoms with Crippen molar-refractivity contribution in [1.82, 2.24) is 5.32 Å². The molecule has 1 amide bonds. The van der Waals surface area contributed by atoms with E-state index >= 15 is 0 Å². The lowest BCUT2D eigenvalue weighted by Crippen LogP contribution is -2.36. The van der Waals surface area contributed by atoms with Crippen LogP contribution in [0, 0.1) is 0 Å². The molecule has 2 aromatic rings. The summed E-state index contributed by atoms with van der Waals surface area (Å²) >= 11 is 0. The van der Waals surface area contributed by atoms with Crippen LogP contribution in [0.1, 0.15) is 15.9 Å². The van der Waals surface area contributed by atoms with Gasteiger partial charge in [-0.2, -0.15) is 0 Å². The second-order valence-electron chi connectivity index (χ2n) is 6.48. The maximum absolute atomic E-state index is 12.3. The molecule has 0 spiro atoms. The molecule has 0 aliphatic carbocycles. The predicted molar refractivity (Wildman–Crippen MR) is 105 cm³/mol. The fraction of sp³-hybridized carbons (Fsp3) is 0.333. The minimum Gasteiger partial charge on any atom is -0.482 e. The van der Waals surface area contributed by atoms with Gasteiger partial charge in [0.15, 0.2) is 6.61 Å². The average Bonchev–Trinajstić information content (AvgIpc) is 2.74. The molecule has 7 nitrogen and oxygen atoms in total. The lowest BCUT2D eigenvalue weighted by molar-refractivity contribution is -0.139. The zero-order valence-electron chi connectivity index (χ0n) is 15.6. The number of carbonyl (C=O) groups is 2. The molecule has 28 heavy (non-hydrogen) atoms. The first-order valence-electron chi connectivity index (χ1n) is 9.26. The number of ether oxygens (including phenoxy) is 2. The smallest absolute Gasteiger partial charge is 0.341 e. The number of morpholine rings is 1. The van der Waals surface area contributed by atoms with Crippen molar-refractivity contribution in [2.75, 3.05) is 44.4 Å². The zero-order valence-corrected chi connectivity index (χ0v) is 15.6. The van der Waals surface area contributed by atoms with Crippen molar-refractivity contribution in [2.24, 2.45) is 0 Å². The highest BCUT2D eigenvalue weighted by atomic mass is 16.5. The van der Waals surface area contributed by atoms with Gasteiger partial charge in [-0.15, -0.1) is 0 Å². The molecule has 3 rings (SSSR count). The quantitative estimate of drug-likeness (QED) is 0.723. The van der Waals surface area contributed by atoms with Gasteiger partial charge in [0.25, 0.3) is 5.91 Å². The number of rotatable bonds is 8. The Bertz CT molecular complexity index is 783. The summed E-state index contributed by atoms with van der Waals surface area (Å²) in [5.74, 6) is -0.602. The molecule has 2 N–H and O–H groups in total. The molecule has 0 atom stereocenters. The summed E-state index contributed by atoms with van der Waals surface area (Å²) in [5, 5.41) is 11.5. The van der Waals surface area contributed by atoms with Crippen molar-refractivity contribution in [3.63, 3.8) is 0 Å². The first-order chi connectivity index (χ1) is 13.6. The Balaban J connectivity index is 1.44. The third-order valence-electron chi connectivity index (χ3n) is 4.49. The van der Waals surface area contributed by atoms with Gasteiger partial charge in [0, 0.05) is 30.9 Å². The van der Waals surface area contributed by atoms with Crippen molar-refractivity contribution in [3.05, 3.63) is 59.7 Å². The molecule has 0 aromatic heterocycles. The number of anilines is 1. The number of aliphatic carboxylic acids is 1. The first-order valence-corrected chi connectivity index (χ1v) is 9.26. The fourth-order valence-corrected chi connectivity index (χ4v) is 2.97. The summed E-state index contributed by atoms with van der Waals surface area (Å²) in [6.45, 7) is 3.35. The Labute approximate surface area is 163 Å². The van der Waals surface area contributed by atoms with Crippen molar-refractivity contribution < 1.29 is 24.2 Å². The van der Waals surface area contributed by atoms with Gasteiger partial charge in [-0.05, 0) is 48.4 Å². The van der Waals surface area contributed by atoms with Crippen LogP contribution in [-0.4, -0.2) is 56.4 Å². The van der Waals surface area contributed by atoms with E-state index in [1.807, 2.05) is 36.4 Å². The molecule has 148 valence electrons. The van der Waals surface area contributed by atoms with Crippen molar-refractivity contribution >= 4 is 17.6 Å². The van der Waals surface area contributed by atoms with Gasteiger partial charge in [-0.25, -0.2) is 4.79 Å². The van der Waals surface area contributed by atoms with Gasteiger partial charge in [-0.3, -0.25) is 4.79 Å². The zero-order chi connectivity index (χ0) is 19.8. The van der Waals surface area contributed by atoms with Crippen LogP contribution in [0.4, 0.5) is 5.69 Å². The van der Waals surface area contributed by atoms with E-state index in [2.05, 4.69) is 10.2 Å². The van der Waals surface area contributed by atoms with E-state index in [1.54, 1.807) is 12.1 Å². The van der Waals surface area contributed by atoms with E-state index in [-0.39, 0.29) is 12.5 Å². The number of carboxylic acids is 1. The minimum absolute atomic E-state index is 0.102. The van der Waals surface area contributed by atoms with Crippen LogP contribution in [0.15, 0.2) is 48.5 Å². The number of hydrogen-bond acceptors (Lipinski definition) is 5. The van der Waals surface area contributed by atoms with Crippen LogP contribution in [0.25, 0.3) is 0 Å². The number of carboxylic acid groups (broad SMARTS) is 1. The molecule has 1 fully saturated rings. The highest BCUT2D eigenvalue weighted by molar-refractivity contribution is 5.94. The average molecular weight is 384 g/mol. The molecule has 1 saturated heterocycles. The summed E-state index contributed by atoms with van der Waals surface area (Å²) in [4.78, 5) is 25.0. The Morgan fingerprint density at radius 3 is 2.36 bits per heavy atom. The fourth-order valence-electron chi connectivity index (χ4n) is 2.97. The van der Waals surface area contributed by atoms with E-state index in [1.165, 1.54) is 0 Å². The highest BCUT2D eigenvalue weighted by Crippen LogP contribution is 2.17. The third-order valence-corrected chi connectivity index (χ3v) is 4.49. The monoisotopic (exact) mass is 384 g/mol. The second kappa shape index (κ2) is 9.75. The largest absolute Gasteiger partial charge is 0.482 e. The van der Waals surface area contributed by atoms with Gasteiger partial charge in [-0.1, -0.05) is 12.1 Å². The van der Waals surface area contributed by atoms with Crippen LogP contribution in [0.2, 0.25) is 0 Å². The van der Waals surface area contributed by atoms with Crippen LogP contribution in [0.5, 0.6) is 5.75 Å². The Kier molecular flexibility index (Phi) is 6.86.